The summed E-state index contributed by atoms with van der Waals surface area (Å²) < 4.78 is 5.49. The normalized spacial score (nSPS) is 12.2. The number of rotatable bonds is 7. The second-order valence-corrected chi connectivity index (χ2v) is 4.07. The van der Waals surface area contributed by atoms with Crippen LogP contribution < -0.4 is 15.8 Å². The van der Waals surface area contributed by atoms with E-state index in [4.69, 9.17) is 10.5 Å². The summed E-state index contributed by atoms with van der Waals surface area (Å²) in [5, 5.41) is 3.13. The Morgan fingerprint density at radius 1 is 1.41 bits per heavy atom. The minimum absolute atomic E-state index is 0.124. The zero-order valence-corrected chi connectivity index (χ0v) is 10.9. The summed E-state index contributed by atoms with van der Waals surface area (Å²) in [4.78, 5) is 8.57. The van der Waals surface area contributed by atoms with E-state index >= 15 is 0 Å². The molecule has 0 bridgehead atoms. The molecule has 1 rings (SSSR count). The van der Waals surface area contributed by atoms with Crippen LogP contribution in [0.4, 0.5) is 5.95 Å². The molecule has 5 heteroatoms. The van der Waals surface area contributed by atoms with Gasteiger partial charge in [0.05, 0.1) is 6.61 Å². The first-order valence-corrected chi connectivity index (χ1v) is 6.13. The molecule has 0 spiro atoms. The summed E-state index contributed by atoms with van der Waals surface area (Å²) in [5.74, 6) is 1.20. The van der Waals surface area contributed by atoms with Crippen LogP contribution in [0.2, 0.25) is 0 Å². The Morgan fingerprint density at radius 2 is 2.18 bits per heavy atom. The monoisotopic (exact) mass is 238 g/mol. The Hall–Kier alpha value is -1.36. The topological polar surface area (TPSA) is 73.1 Å². The van der Waals surface area contributed by atoms with E-state index in [0.29, 0.717) is 25.0 Å². The molecule has 0 radical (unpaired) electrons. The third-order valence-corrected chi connectivity index (χ3v) is 2.33. The summed E-state index contributed by atoms with van der Waals surface area (Å²) >= 11 is 0. The maximum absolute atomic E-state index is 5.83. The Kier molecular flexibility index (Phi) is 5.69. The van der Waals surface area contributed by atoms with Crippen LogP contribution in [0.15, 0.2) is 6.07 Å². The lowest BCUT2D eigenvalue weighted by atomic mass is 10.2. The fourth-order valence-electron chi connectivity index (χ4n) is 1.27. The fourth-order valence-corrected chi connectivity index (χ4v) is 1.27. The molecule has 0 saturated heterocycles. The van der Waals surface area contributed by atoms with Gasteiger partial charge in [-0.2, -0.15) is 4.98 Å². The molecule has 17 heavy (non-hydrogen) atoms. The Bertz CT molecular complexity index is 343. The SMILES string of the molecule is CCCOc1cc(C)nc(NCC(N)CC)n1. The molecular weight excluding hydrogens is 216 g/mol. The lowest BCUT2D eigenvalue weighted by Crippen LogP contribution is -2.28. The number of nitrogens with zero attached hydrogens (tertiary/aromatic N) is 2. The predicted molar refractivity (Wildman–Crippen MR) is 69.3 cm³/mol. The number of nitrogens with two attached hydrogens (primary N) is 1. The maximum Gasteiger partial charge on any atom is 0.226 e. The van der Waals surface area contributed by atoms with Crippen molar-refractivity contribution in [1.82, 2.24) is 9.97 Å². The van der Waals surface area contributed by atoms with Gasteiger partial charge in [-0.3, -0.25) is 0 Å². The Morgan fingerprint density at radius 3 is 2.82 bits per heavy atom. The van der Waals surface area contributed by atoms with Gasteiger partial charge in [-0.25, -0.2) is 4.98 Å². The van der Waals surface area contributed by atoms with Gasteiger partial charge in [-0.1, -0.05) is 13.8 Å². The summed E-state index contributed by atoms with van der Waals surface area (Å²) in [6.45, 7) is 7.38. The van der Waals surface area contributed by atoms with Crippen LogP contribution in [0, 0.1) is 6.92 Å². The molecule has 0 aliphatic carbocycles. The van der Waals surface area contributed by atoms with Crippen LogP contribution in [-0.4, -0.2) is 29.2 Å². The molecule has 1 aromatic rings. The molecule has 96 valence electrons. The van der Waals surface area contributed by atoms with Gasteiger partial charge in [0, 0.05) is 24.3 Å². The zero-order chi connectivity index (χ0) is 12.7. The van der Waals surface area contributed by atoms with Crippen LogP contribution in [-0.2, 0) is 0 Å². The van der Waals surface area contributed by atoms with Crippen molar-refractivity contribution in [3.8, 4) is 5.88 Å². The van der Waals surface area contributed by atoms with Gasteiger partial charge >= 0.3 is 0 Å². The van der Waals surface area contributed by atoms with Crippen LogP contribution in [0.3, 0.4) is 0 Å². The van der Waals surface area contributed by atoms with Crippen molar-refractivity contribution in [2.45, 2.75) is 39.7 Å². The Labute approximate surface area is 103 Å². The van der Waals surface area contributed by atoms with Gasteiger partial charge in [0.15, 0.2) is 0 Å². The van der Waals surface area contributed by atoms with Crippen molar-refractivity contribution in [2.75, 3.05) is 18.5 Å². The molecule has 1 aromatic heterocycles. The number of ether oxygens (including phenoxy) is 1. The average molecular weight is 238 g/mol. The number of anilines is 1. The van der Waals surface area contributed by atoms with Gasteiger partial charge in [-0.05, 0) is 19.8 Å². The van der Waals surface area contributed by atoms with E-state index in [-0.39, 0.29) is 6.04 Å². The van der Waals surface area contributed by atoms with E-state index in [9.17, 15) is 0 Å². The van der Waals surface area contributed by atoms with Crippen molar-refractivity contribution < 1.29 is 4.74 Å². The van der Waals surface area contributed by atoms with Gasteiger partial charge < -0.3 is 15.8 Å². The molecule has 1 heterocycles. The molecule has 0 amide bonds. The highest BCUT2D eigenvalue weighted by Crippen LogP contribution is 2.12. The highest BCUT2D eigenvalue weighted by molar-refractivity contribution is 5.30. The van der Waals surface area contributed by atoms with E-state index in [0.717, 1.165) is 18.5 Å². The van der Waals surface area contributed by atoms with E-state index in [2.05, 4.69) is 29.1 Å². The molecule has 3 N–H and O–H groups in total. The standard InChI is InChI=1S/C12H22N4O/c1-4-6-17-11-7-9(3)15-12(16-11)14-8-10(13)5-2/h7,10H,4-6,8,13H2,1-3H3,(H,14,15,16). The lowest BCUT2D eigenvalue weighted by Gasteiger charge is -2.11. The molecule has 0 fully saturated rings. The number of hydrogen-bond donors (Lipinski definition) is 2. The van der Waals surface area contributed by atoms with Gasteiger partial charge in [0.2, 0.25) is 11.8 Å². The predicted octanol–water partition coefficient (Wildman–Crippen LogP) is 1.72. The van der Waals surface area contributed by atoms with Crippen LogP contribution in [0.5, 0.6) is 5.88 Å². The van der Waals surface area contributed by atoms with Crippen LogP contribution >= 0.6 is 0 Å². The second kappa shape index (κ2) is 7.06. The van der Waals surface area contributed by atoms with Crippen molar-refractivity contribution >= 4 is 5.95 Å². The van der Waals surface area contributed by atoms with E-state index in [1.54, 1.807) is 0 Å². The highest BCUT2D eigenvalue weighted by atomic mass is 16.5. The lowest BCUT2D eigenvalue weighted by molar-refractivity contribution is 0.305. The molecule has 1 unspecified atom stereocenters. The first kappa shape index (κ1) is 13.7. The first-order chi connectivity index (χ1) is 8.15. The minimum Gasteiger partial charge on any atom is -0.478 e. The molecule has 0 aliphatic heterocycles. The van der Waals surface area contributed by atoms with E-state index in [1.807, 2.05) is 13.0 Å². The van der Waals surface area contributed by atoms with Crippen LogP contribution in [0.25, 0.3) is 0 Å². The number of nitrogens with one attached hydrogen (secondary N) is 1. The van der Waals surface area contributed by atoms with E-state index < -0.39 is 0 Å². The van der Waals surface area contributed by atoms with Crippen molar-refractivity contribution in [1.29, 1.82) is 0 Å². The molecular formula is C12H22N4O. The number of aryl methyl sites for hydroxylation is 1. The first-order valence-electron chi connectivity index (χ1n) is 6.13. The van der Waals surface area contributed by atoms with Gasteiger partial charge in [0.1, 0.15) is 0 Å². The molecule has 0 aliphatic rings. The quantitative estimate of drug-likeness (QED) is 0.756. The third-order valence-electron chi connectivity index (χ3n) is 2.33. The van der Waals surface area contributed by atoms with Crippen molar-refractivity contribution in [2.24, 2.45) is 5.73 Å². The largest absolute Gasteiger partial charge is 0.478 e. The number of aromatic nitrogens is 2. The van der Waals surface area contributed by atoms with Crippen molar-refractivity contribution in [3.63, 3.8) is 0 Å². The van der Waals surface area contributed by atoms with Crippen molar-refractivity contribution in [3.05, 3.63) is 11.8 Å². The summed E-state index contributed by atoms with van der Waals surface area (Å²) in [5.41, 5.74) is 6.72. The molecule has 0 saturated carbocycles. The molecule has 5 nitrogen and oxygen atoms in total. The average Bonchev–Trinajstić information content (AvgIpc) is 2.32. The van der Waals surface area contributed by atoms with Gasteiger partial charge in [-0.15, -0.1) is 0 Å². The number of hydrogen-bond acceptors (Lipinski definition) is 5. The van der Waals surface area contributed by atoms with Gasteiger partial charge in [0.25, 0.3) is 0 Å². The molecule has 0 aromatic carbocycles. The Balaban J connectivity index is 2.61. The van der Waals surface area contributed by atoms with Crippen LogP contribution in [0.1, 0.15) is 32.4 Å². The fraction of sp³-hybridized carbons (Fsp3) is 0.667. The third kappa shape index (κ3) is 4.99. The second-order valence-electron chi connectivity index (χ2n) is 4.07. The highest BCUT2D eigenvalue weighted by Gasteiger charge is 2.04. The summed E-state index contributed by atoms with van der Waals surface area (Å²) in [7, 11) is 0. The summed E-state index contributed by atoms with van der Waals surface area (Å²) in [6.07, 6.45) is 1.89. The summed E-state index contributed by atoms with van der Waals surface area (Å²) in [6, 6.07) is 1.96. The zero-order valence-electron chi connectivity index (χ0n) is 10.9. The smallest absolute Gasteiger partial charge is 0.226 e. The van der Waals surface area contributed by atoms with E-state index in [1.165, 1.54) is 0 Å². The minimum atomic E-state index is 0.124. The maximum atomic E-state index is 5.83. The molecule has 1 atom stereocenters.